The molecule has 3 heterocycles. The molecule has 2 aromatic rings. The Morgan fingerprint density at radius 2 is 2.20 bits per heavy atom. The minimum absolute atomic E-state index is 0.0332. The Kier molecular flexibility index (Phi) is 3.17. The molecule has 0 radical (unpaired) electrons. The van der Waals surface area contributed by atoms with Crippen LogP contribution < -0.4 is 10.9 Å². The Labute approximate surface area is 117 Å². The van der Waals surface area contributed by atoms with Crippen molar-refractivity contribution in [2.24, 2.45) is 13.0 Å². The third-order valence-corrected chi connectivity index (χ3v) is 3.79. The lowest BCUT2D eigenvalue weighted by Gasteiger charge is -2.27. The predicted octanol–water partition coefficient (Wildman–Crippen LogP) is 0.944. The molecule has 3 rings (SSSR count). The Balaban J connectivity index is 2.08. The average molecular weight is 273 g/mol. The van der Waals surface area contributed by atoms with E-state index in [1.807, 2.05) is 6.07 Å². The van der Waals surface area contributed by atoms with E-state index in [-0.39, 0.29) is 11.6 Å². The number of fused-ring (bicyclic) bond motifs is 1. The monoisotopic (exact) mass is 273 g/mol. The summed E-state index contributed by atoms with van der Waals surface area (Å²) in [5, 5.41) is 12.1. The van der Waals surface area contributed by atoms with E-state index < -0.39 is 0 Å². The number of nitrogens with zero attached hydrogens (tertiary/aromatic N) is 4. The second-order valence-corrected chi connectivity index (χ2v) is 5.57. The molecule has 0 aromatic carbocycles. The molecule has 106 valence electrons. The van der Waals surface area contributed by atoms with E-state index >= 15 is 0 Å². The van der Waals surface area contributed by atoms with Crippen molar-refractivity contribution in [3.63, 3.8) is 0 Å². The molecular formula is C14H19N5O. The average Bonchev–Trinajstić information content (AvgIpc) is 2.85. The first-order valence-corrected chi connectivity index (χ1v) is 6.91. The molecule has 1 atom stereocenters. The second-order valence-electron chi connectivity index (χ2n) is 5.57. The van der Waals surface area contributed by atoms with Crippen molar-refractivity contribution in [1.82, 2.24) is 24.6 Å². The summed E-state index contributed by atoms with van der Waals surface area (Å²) in [6.07, 6.45) is 1.76. The molecule has 6 heteroatoms. The molecule has 0 bridgehead atoms. The van der Waals surface area contributed by atoms with Gasteiger partial charge in [-0.2, -0.15) is 0 Å². The quantitative estimate of drug-likeness (QED) is 0.884. The summed E-state index contributed by atoms with van der Waals surface area (Å²) in [4.78, 5) is 11.8. The highest BCUT2D eigenvalue weighted by Gasteiger charge is 2.27. The van der Waals surface area contributed by atoms with Crippen LogP contribution in [0.4, 0.5) is 0 Å². The van der Waals surface area contributed by atoms with E-state index in [4.69, 9.17) is 0 Å². The summed E-state index contributed by atoms with van der Waals surface area (Å²) in [6.45, 7) is 6.06. The first kappa shape index (κ1) is 13.1. The van der Waals surface area contributed by atoms with Gasteiger partial charge >= 0.3 is 0 Å². The van der Waals surface area contributed by atoms with Crippen LogP contribution in [0.5, 0.6) is 0 Å². The number of nitrogens with one attached hydrogen (secondary N) is 1. The van der Waals surface area contributed by atoms with Crippen LogP contribution in [0, 0.1) is 5.92 Å². The van der Waals surface area contributed by atoms with Gasteiger partial charge in [0.2, 0.25) is 0 Å². The lowest BCUT2D eigenvalue weighted by molar-refractivity contribution is 0.339. The summed E-state index contributed by atoms with van der Waals surface area (Å²) in [5.74, 6) is 2.20. The van der Waals surface area contributed by atoms with E-state index in [0.29, 0.717) is 5.92 Å². The van der Waals surface area contributed by atoms with E-state index in [2.05, 4.69) is 33.9 Å². The first-order chi connectivity index (χ1) is 9.58. The molecule has 1 unspecified atom stereocenters. The smallest absolute Gasteiger partial charge is 0.250 e. The molecule has 0 saturated heterocycles. The molecule has 6 nitrogen and oxygen atoms in total. The zero-order chi connectivity index (χ0) is 14.3. The Morgan fingerprint density at radius 3 is 2.90 bits per heavy atom. The first-order valence-electron chi connectivity index (χ1n) is 6.91. The fourth-order valence-electron chi connectivity index (χ4n) is 2.62. The van der Waals surface area contributed by atoms with Gasteiger partial charge in [-0.1, -0.05) is 13.8 Å². The van der Waals surface area contributed by atoms with E-state index in [9.17, 15) is 4.79 Å². The fraction of sp³-hybridized carbons (Fsp3) is 0.500. The van der Waals surface area contributed by atoms with Gasteiger partial charge in [0, 0.05) is 38.0 Å². The van der Waals surface area contributed by atoms with Gasteiger partial charge < -0.3 is 14.5 Å². The molecule has 2 aromatic heterocycles. The van der Waals surface area contributed by atoms with Gasteiger partial charge in [0.1, 0.15) is 0 Å². The number of aromatic nitrogens is 4. The molecule has 1 aliphatic rings. The zero-order valence-electron chi connectivity index (χ0n) is 12.0. The van der Waals surface area contributed by atoms with Crippen molar-refractivity contribution in [2.45, 2.75) is 26.4 Å². The van der Waals surface area contributed by atoms with Crippen LogP contribution in [0.3, 0.4) is 0 Å². The molecule has 1 N–H and O–H groups in total. The van der Waals surface area contributed by atoms with Crippen molar-refractivity contribution in [3.05, 3.63) is 34.5 Å². The number of hydrogen-bond donors (Lipinski definition) is 1. The molecule has 0 aliphatic carbocycles. The lowest BCUT2D eigenvalue weighted by atomic mass is 10.0. The molecule has 0 amide bonds. The van der Waals surface area contributed by atoms with Crippen LogP contribution in [0.2, 0.25) is 0 Å². The largest absolute Gasteiger partial charge is 0.319 e. The van der Waals surface area contributed by atoms with Gasteiger partial charge in [-0.05, 0) is 12.0 Å². The van der Waals surface area contributed by atoms with E-state index in [1.54, 1.807) is 23.9 Å². The SMILES string of the molecule is CC(C)C1NCCn2c(-c3ccn(C)c(=O)c3)nnc21. The van der Waals surface area contributed by atoms with Crippen LogP contribution in [0.25, 0.3) is 11.4 Å². The van der Waals surface area contributed by atoms with E-state index in [1.165, 1.54) is 0 Å². The van der Waals surface area contributed by atoms with E-state index in [0.717, 1.165) is 30.3 Å². The number of pyridine rings is 1. The van der Waals surface area contributed by atoms with Gasteiger partial charge in [0.25, 0.3) is 5.56 Å². The maximum Gasteiger partial charge on any atom is 0.250 e. The predicted molar refractivity (Wildman–Crippen MR) is 76.3 cm³/mol. The van der Waals surface area contributed by atoms with Crippen LogP contribution in [0.15, 0.2) is 23.1 Å². The van der Waals surface area contributed by atoms with Crippen molar-refractivity contribution < 1.29 is 0 Å². The Morgan fingerprint density at radius 1 is 1.40 bits per heavy atom. The maximum absolute atomic E-state index is 11.8. The number of rotatable bonds is 2. The third-order valence-electron chi connectivity index (χ3n) is 3.79. The van der Waals surface area contributed by atoms with Gasteiger partial charge in [-0.3, -0.25) is 4.79 Å². The summed E-state index contributed by atoms with van der Waals surface area (Å²) >= 11 is 0. The minimum Gasteiger partial charge on any atom is -0.319 e. The van der Waals surface area contributed by atoms with Crippen molar-refractivity contribution in [3.8, 4) is 11.4 Å². The van der Waals surface area contributed by atoms with Crippen LogP contribution in [-0.2, 0) is 13.6 Å². The highest BCUT2D eigenvalue weighted by Crippen LogP contribution is 2.26. The Hall–Kier alpha value is -1.95. The fourth-order valence-corrected chi connectivity index (χ4v) is 2.62. The molecule has 0 fully saturated rings. The summed E-state index contributed by atoms with van der Waals surface area (Å²) in [7, 11) is 1.74. The normalized spacial score (nSPS) is 18.3. The molecular weight excluding hydrogens is 254 g/mol. The standard InChI is InChI=1S/C14H19N5O/c1-9(2)12-14-17-16-13(19(14)7-5-15-12)10-4-6-18(3)11(20)8-10/h4,6,8-9,12,15H,5,7H2,1-3H3. The van der Waals surface area contributed by atoms with Gasteiger partial charge in [0.05, 0.1) is 6.04 Å². The summed E-state index contributed by atoms with van der Waals surface area (Å²) < 4.78 is 3.67. The van der Waals surface area contributed by atoms with Gasteiger partial charge in [-0.15, -0.1) is 10.2 Å². The molecule has 1 aliphatic heterocycles. The van der Waals surface area contributed by atoms with Crippen LogP contribution in [0.1, 0.15) is 25.7 Å². The van der Waals surface area contributed by atoms with Gasteiger partial charge in [0.15, 0.2) is 11.6 Å². The topological polar surface area (TPSA) is 64.7 Å². The van der Waals surface area contributed by atoms with Crippen LogP contribution in [-0.4, -0.2) is 25.9 Å². The number of hydrogen-bond acceptors (Lipinski definition) is 4. The summed E-state index contributed by atoms with van der Waals surface area (Å²) in [5.41, 5.74) is 0.797. The number of aryl methyl sites for hydroxylation is 1. The molecule has 20 heavy (non-hydrogen) atoms. The Bertz CT molecular complexity index is 685. The zero-order valence-corrected chi connectivity index (χ0v) is 12.0. The molecule has 0 saturated carbocycles. The lowest BCUT2D eigenvalue weighted by Crippen LogP contribution is -2.36. The van der Waals surface area contributed by atoms with Gasteiger partial charge in [-0.25, -0.2) is 0 Å². The summed E-state index contributed by atoms with van der Waals surface area (Å²) in [6, 6.07) is 3.74. The second kappa shape index (κ2) is 4.86. The third kappa shape index (κ3) is 2.06. The van der Waals surface area contributed by atoms with Crippen molar-refractivity contribution >= 4 is 0 Å². The highest BCUT2D eigenvalue weighted by atomic mass is 16.1. The maximum atomic E-state index is 11.8. The minimum atomic E-state index is -0.0332. The van der Waals surface area contributed by atoms with Crippen molar-refractivity contribution in [1.29, 1.82) is 0 Å². The highest BCUT2D eigenvalue weighted by molar-refractivity contribution is 5.54. The molecule has 0 spiro atoms. The van der Waals surface area contributed by atoms with Crippen molar-refractivity contribution in [2.75, 3.05) is 6.54 Å². The van der Waals surface area contributed by atoms with Crippen LogP contribution >= 0.6 is 0 Å².